The second-order valence-corrected chi connectivity index (χ2v) is 3.99. The van der Waals surface area contributed by atoms with Gasteiger partial charge in [0.2, 0.25) is 0 Å². The van der Waals surface area contributed by atoms with Gasteiger partial charge in [-0.25, -0.2) is 0 Å². The number of halogens is 3. The van der Waals surface area contributed by atoms with E-state index in [4.69, 9.17) is 5.73 Å². The fourth-order valence-electron chi connectivity index (χ4n) is 1.64. The van der Waals surface area contributed by atoms with Crippen LogP contribution >= 0.6 is 0 Å². The molecule has 0 spiro atoms. The average molecular weight is 284 g/mol. The molecule has 0 aliphatic carbocycles. The number of nitrogens with zero attached hydrogens (tertiary/aromatic N) is 1. The summed E-state index contributed by atoms with van der Waals surface area (Å²) in [5.41, 5.74) is 5.78. The van der Waals surface area contributed by atoms with Gasteiger partial charge < -0.3 is 10.6 Å². The molecule has 1 rings (SSSR count). The summed E-state index contributed by atoms with van der Waals surface area (Å²) in [6.45, 7) is 0.304. The van der Waals surface area contributed by atoms with Crippen molar-refractivity contribution in [2.45, 2.75) is 13.1 Å². The number of hydrogen-bond donors (Lipinski definition) is 1. The maximum Gasteiger partial charge on any atom is 0.406 e. The van der Waals surface area contributed by atoms with Crippen LogP contribution in [0.5, 0.6) is 0 Å². The molecule has 0 radical (unpaired) electrons. The smallest absolute Gasteiger partial charge is 0.330 e. The van der Waals surface area contributed by atoms with Gasteiger partial charge in [-0.3, -0.25) is 4.79 Å². The molecule has 108 valence electrons. The van der Waals surface area contributed by atoms with E-state index in [1.54, 1.807) is 18.2 Å². The minimum absolute atomic E-state index is 0.0308. The van der Waals surface area contributed by atoms with Gasteiger partial charge in [-0.1, -0.05) is 24.0 Å². The molecule has 3 nitrogen and oxygen atoms in total. The molecule has 0 saturated carbocycles. The molecule has 6 heteroatoms. The maximum absolute atomic E-state index is 12.4. The molecule has 2 N–H and O–H groups in total. The Morgan fingerprint density at radius 1 is 1.35 bits per heavy atom. The lowest BCUT2D eigenvalue weighted by Gasteiger charge is -2.22. The highest BCUT2D eigenvalue weighted by Gasteiger charge is 2.33. The monoisotopic (exact) mass is 284 g/mol. The van der Waals surface area contributed by atoms with E-state index in [1.165, 1.54) is 13.0 Å². The van der Waals surface area contributed by atoms with Crippen molar-refractivity contribution in [2.75, 3.05) is 19.6 Å². The summed E-state index contributed by atoms with van der Waals surface area (Å²) in [7, 11) is 0. The Hall–Kier alpha value is -2.00. The van der Waals surface area contributed by atoms with Crippen LogP contribution in [0.3, 0.4) is 0 Å². The van der Waals surface area contributed by atoms with Gasteiger partial charge in [0.15, 0.2) is 0 Å². The van der Waals surface area contributed by atoms with Crippen LogP contribution in [-0.2, 0) is 0 Å². The molecule has 0 aromatic heterocycles. The number of hydrogen-bond acceptors (Lipinski definition) is 2. The average Bonchev–Trinajstić information content (AvgIpc) is 2.41. The minimum Gasteiger partial charge on any atom is -0.330 e. The van der Waals surface area contributed by atoms with E-state index in [1.807, 2.05) is 0 Å². The second kappa shape index (κ2) is 6.96. The lowest BCUT2D eigenvalue weighted by atomic mass is 10.1. The number of carbonyl (C=O) groups excluding carboxylic acids is 1. The molecule has 1 amide bonds. The molecule has 0 fully saturated rings. The van der Waals surface area contributed by atoms with Crippen LogP contribution in [0, 0.1) is 11.8 Å². The zero-order valence-electron chi connectivity index (χ0n) is 11.0. The first kappa shape index (κ1) is 16.1. The van der Waals surface area contributed by atoms with Crippen molar-refractivity contribution >= 4 is 5.91 Å². The largest absolute Gasteiger partial charge is 0.406 e. The summed E-state index contributed by atoms with van der Waals surface area (Å²) >= 11 is 0. The summed E-state index contributed by atoms with van der Waals surface area (Å²) in [6.07, 6.45) is -4.43. The van der Waals surface area contributed by atoms with E-state index in [0.29, 0.717) is 5.56 Å². The predicted molar refractivity (Wildman–Crippen MR) is 70.0 cm³/mol. The number of alkyl halides is 3. The third-order valence-corrected chi connectivity index (χ3v) is 2.52. The van der Waals surface area contributed by atoms with E-state index in [2.05, 4.69) is 11.8 Å². The summed E-state index contributed by atoms with van der Waals surface area (Å²) in [6, 6.07) is 6.29. The molecule has 0 unspecified atom stereocenters. The first-order valence-electron chi connectivity index (χ1n) is 6.03. The molecule has 0 heterocycles. The van der Waals surface area contributed by atoms with Gasteiger partial charge in [0.1, 0.15) is 6.54 Å². The number of carbonyl (C=O) groups is 1. The predicted octanol–water partition coefficient (Wildman–Crippen LogP) is 2.02. The second-order valence-electron chi connectivity index (χ2n) is 3.99. The fourth-order valence-corrected chi connectivity index (χ4v) is 1.64. The topological polar surface area (TPSA) is 46.3 Å². The molecule has 1 aromatic rings. The van der Waals surface area contributed by atoms with Crippen LogP contribution in [0.2, 0.25) is 0 Å². The van der Waals surface area contributed by atoms with E-state index in [9.17, 15) is 18.0 Å². The van der Waals surface area contributed by atoms with Gasteiger partial charge in [-0.05, 0) is 19.1 Å². The lowest BCUT2D eigenvalue weighted by molar-refractivity contribution is -0.140. The molecule has 0 bridgehead atoms. The van der Waals surface area contributed by atoms with Crippen LogP contribution < -0.4 is 5.73 Å². The zero-order valence-corrected chi connectivity index (χ0v) is 11.0. The highest BCUT2D eigenvalue weighted by atomic mass is 19.4. The molecule has 0 saturated heterocycles. The standard InChI is InChI=1S/C14H15F3N2O/c1-2-19(10-14(15,16)17)13(20)12-8-4-3-6-11(12)7-5-9-18/h3-4,6,8H,2,9-10,18H2,1H3. The van der Waals surface area contributed by atoms with Gasteiger partial charge in [0.05, 0.1) is 12.1 Å². The van der Waals surface area contributed by atoms with Crippen molar-refractivity contribution in [1.29, 1.82) is 0 Å². The summed E-state index contributed by atoms with van der Waals surface area (Å²) in [5.74, 6) is 4.59. The van der Waals surface area contributed by atoms with Gasteiger partial charge in [0.25, 0.3) is 5.91 Å². The van der Waals surface area contributed by atoms with Crippen molar-refractivity contribution in [3.8, 4) is 11.8 Å². The number of nitrogens with two attached hydrogens (primary N) is 1. The van der Waals surface area contributed by atoms with Crippen molar-refractivity contribution in [1.82, 2.24) is 4.90 Å². The Labute approximate surface area is 115 Å². The molecule has 0 atom stereocenters. The van der Waals surface area contributed by atoms with Crippen LogP contribution in [-0.4, -0.2) is 36.6 Å². The Morgan fingerprint density at radius 2 is 2.00 bits per heavy atom. The summed E-state index contributed by atoms with van der Waals surface area (Å²) < 4.78 is 37.3. The van der Waals surface area contributed by atoms with E-state index in [-0.39, 0.29) is 18.7 Å². The van der Waals surface area contributed by atoms with Crippen LogP contribution in [0.4, 0.5) is 13.2 Å². The SMILES string of the molecule is CCN(CC(F)(F)F)C(=O)c1ccccc1C#CCN. The highest BCUT2D eigenvalue weighted by molar-refractivity contribution is 5.96. The Bertz CT molecular complexity index is 529. The molecule has 0 aliphatic rings. The number of benzene rings is 1. The van der Waals surface area contributed by atoms with Crippen molar-refractivity contribution in [3.05, 3.63) is 35.4 Å². The summed E-state index contributed by atoms with van der Waals surface area (Å²) in [5, 5.41) is 0. The molecular weight excluding hydrogens is 269 g/mol. The Balaban J connectivity index is 3.07. The van der Waals surface area contributed by atoms with Gasteiger partial charge >= 0.3 is 6.18 Å². The van der Waals surface area contributed by atoms with Gasteiger partial charge in [-0.15, -0.1) is 0 Å². The third kappa shape index (κ3) is 4.59. The highest BCUT2D eigenvalue weighted by Crippen LogP contribution is 2.19. The van der Waals surface area contributed by atoms with Gasteiger partial charge in [-0.2, -0.15) is 13.2 Å². The molecule has 1 aromatic carbocycles. The van der Waals surface area contributed by atoms with Crippen molar-refractivity contribution in [2.24, 2.45) is 5.73 Å². The Kier molecular flexibility index (Phi) is 5.59. The van der Waals surface area contributed by atoms with Crippen molar-refractivity contribution in [3.63, 3.8) is 0 Å². The first-order valence-corrected chi connectivity index (χ1v) is 6.03. The Morgan fingerprint density at radius 3 is 2.55 bits per heavy atom. The third-order valence-electron chi connectivity index (χ3n) is 2.52. The first-order chi connectivity index (χ1) is 9.39. The van der Waals surface area contributed by atoms with Crippen LogP contribution in [0.1, 0.15) is 22.8 Å². The van der Waals surface area contributed by atoms with E-state index < -0.39 is 18.6 Å². The van der Waals surface area contributed by atoms with E-state index >= 15 is 0 Å². The molecule has 0 aliphatic heterocycles. The summed E-state index contributed by atoms with van der Waals surface area (Å²) in [4.78, 5) is 12.9. The number of amides is 1. The lowest BCUT2D eigenvalue weighted by Crippen LogP contribution is -2.39. The maximum atomic E-state index is 12.4. The fraction of sp³-hybridized carbons (Fsp3) is 0.357. The normalized spacial score (nSPS) is 10.7. The van der Waals surface area contributed by atoms with Gasteiger partial charge in [0, 0.05) is 12.1 Å². The quantitative estimate of drug-likeness (QED) is 0.863. The molecular formula is C14H15F3N2O. The van der Waals surface area contributed by atoms with Crippen LogP contribution in [0.15, 0.2) is 24.3 Å². The van der Waals surface area contributed by atoms with Crippen molar-refractivity contribution < 1.29 is 18.0 Å². The zero-order chi connectivity index (χ0) is 15.2. The minimum atomic E-state index is -4.43. The van der Waals surface area contributed by atoms with E-state index in [0.717, 1.165) is 4.90 Å². The number of rotatable bonds is 3. The van der Waals surface area contributed by atoms with Crippen LogP contribution in [0.25, 0.3) is 0 Å². The molecule has 20 heavy (non-hydrogen) atoms.